The fraction of sp³-hybridized carbons (Fsp3) is 0.0769. The van der Waals surface area contributed by atoms with Crippen molar-refractivity contribution in [1.29, 1.82) is 5.26 Å². The minimum absolute atomic E-state index is 0.237. The third-order valence-electron chi connectivity index (χ3n) is 2.37. The van der Waals surface area contributed by atoms with Gasteiger partial charge >= 0.3 is 0 Å². The molecule has 1 aromatic heterocycles. The second kappa shape index (κ2) is 5.76. The maximum absolute atomic E-state index is 12.2. The van der Waals surface area contributed by atoms with E-state index in [9.17, 15) is 4.21 Å². The average Bonchev–Trinajstić information content (AvgIpc) is 2.39. The highest BCUT2D eigenvalue weighted by Gasteiger charge is 2.11. The first-order chi connectivity index (χ1) is 8.72. The molecule has 1 aromatic carbocycles. The van der Waals surface area contributed by atoms with Crippen molar-refractivity contribution in [2.75, 3.05) is 0 Å². The summed E-state index contributed by atoms with van der Waals surface area (Å²) >= 11 is 5.99. The summed E-state index contributed by atoms with van der Waals surface area (Å²) in [5.41, 5.74) is 0.969. The van der Waals surface area contributed by atoms with Crippen LogP contribution >= 0.6 is 11.6 Å². The number of pyridine rings is 1. The maximum atomic E-state index is 12.2. The van der Waals surface area contributed by atoms with E-state index in [4.69, 9.17) is 16.9 Å². The Balaban J connectivity index is 2.28. The van der Waals surface area contributed by atoms with Gasteiger partial charge in [-0.25, -0.2) is 4.98 Å². The lowest BCUT2D eigenvalue weighted by atomic mass is 10.2. The molecule has 18 heavy (non-hydrogen) atoms. The number of hydrogen-bond donors (Lipinski definition) is 0. The normalized spacial score (nSPS) is 11.8. The standard InChI is InChI=1S/C13H9ClN2OS/c14-11-5-1-2-6-13(11)18(17)9-10-4-3-7-16-12(10)8-15/h1-7H,9H2. The van der Waals surface area contributed by atoms with Gasteiger partial charge in [-0.05, 0) is 18.2 Å². The highest BCUT2D eigenvalue weighted by atomic mass is 35.5. The van der Waals surface area contributed by atoms with Crippen molar-refractivity contribution in [3.05, 3.63) is 58.9 Å². The Morgan fingerprint density at radius 2 is 2.06 bits per heavy atom. The lowest BCUT2D eigenvalue weighted by molar-refractivity contribution is 0.682. The molecule has 1 heterocycles. The van der Waals surface area contributed by atoms with Crippen LogP contribution in [0.1, 0.15) is 11.3 Å². The van der Waals surface area contributed by atoms with Crippen LogP contribution in [0.15, 0.2) is 47.5 Å². The molecule has 0 amide bonds. The van der Waals surface area contributed by atoms with Crippen LogP contribution in [0.25, 0.3) is 0 Å². The third-order valence-corrected chi connectivity index (χ3v) is 4.23. The van der Waals surface area contributed by atoms with Crippen LogP contribution in [0.3, 0.4) is 0 Å². The predicted molar refractivity (Wildman–Crippen MR) is 70.5 cm³/mol. The SMILES string of the molecule is N#Cc1ncccc1CS(=O)c1ccccc1Cl. The minimum atomic E-state index is -1.28. The molecular formula is C13H9ClN2OS. The number of rotatable bonds is 3. The zero-order valence-corrected chi connectivity index (χ0v) is 10.9. The van der Waals surface area contributed by atoms with Gasteiger partial charge in [0, 0.05) is 11.8 Å². The molecule has 0 N–H and O–H groups in total. The van der Waals surface area contributed by atoms with Crippen LogP contribution in [0.4, 0.5) is 0 Å². The largest absolute Gasteiger partial charge is 0.254 e. The van der Waals surface area contributed by atoms with Crippen LogP contribution in [-0.2, 0) is 16.6 Å². The van der Waals surface area contributed by atoms with Crippen LogP contribution < -0.4 is 0 Å². The van der Waals surface area contributed by atoms with Crippen molar-refractivity contribution in [2.24, 2.45) is 0 Å². The van der Waals surface area contributed by atoms with Crippen LogP contribution in [0.2, 0.25) is 5.02 Å². The molecule has 0 aliphatic carbocycles. The molecule has 0 aliphatic rings. The second-order valence-electron chi connectivity index (χ2n) is 3.54. The van der Waals surface area contributed by atoms with E-state index in [1.807, 2.05) is 6.07 Å². The lowest BCUT2D eigenvalue weighted by Crippen LogP contribution is -2.00. The van der Waals surface area contributed by atoms with Crippen molar-refractivity contribution in [3.63, 3.8) is 0 Å². The van der Waals surface area contributed by atoms with Gasteiger partial charge in [-0.1, -0.05) is 29.8 Å². The number of benzene rings is 1. The van der Waals surface area contributed by atoms with E-state index < -0.39 is 10.8 Å². The molecule has 3 nitrogen and oxygen atoms in total. The predicted octanol–water partition coefficient (Wildman–Crippen LogP) is 2.91. The van der Waals surface area contributed by atoms with Crippen LogP contribution in [0, 0.1) is 11.3 Å². The van der Waals surface area contributed by atoms with E-state index >= 15 is 0 Å². The molecule has 0 aliphatic heterocycles. The van der Waals surface area contributed by atoms with Gasteiger partial charge in [0.2, 0.25) is 0 Å². The topological polar surface area (TPSA) is 53.8 Å². The molecule has 2 aromatic rings. The molecule has 0 radical (unpaired) electrons. The monoisotopic (exact) mass is 276 g/mol. The van der Waals surface area contributed by atoms with Crippen LogP contribution in [-0.4, -0.2) is 9.19 Å². The zero-order valence-electron chi connectivity index (χ0n) is 9.34. The Labute approximate surface area is 113 Å². The van der Waals surface area contributed by atoms with Crippen molar-refractivity contribution >= 4 is 22.4 Å². The molecule has 0 saturated heterocycles. The molecule has 1 atom stereocenters. The lowest BCUT2D eigenvalue weighted by Gasteiger charge is -2.05. The van der Waals surface area contributed by atoms with E-state index in [1.165, 1.54) is 0 Å². The van der Waals surface area contributed by atoms with Crippen molar-refractivity contribution < 1.29 is 4.21 Å². The fourth-order valence-electron chi connectivity index (χ4n) is 1.50. The van der Waals surface area contributed by atoms with E-state index in [1.54, 1.807) is 42.6 Å². The van der Waals surface area contributed by atoms with Gasteiger partial charge in [-0.2, -0.15) is 5.26 Å². The minimum Gasteiger partial charge on any atom is -0.254 e. The summed E-state index contributed by atoms with van der Waals surface area (Å²) in [5, 5.41) is 9.39. The summed E-state index contributed by atoms with van der Waals surface area (Å²) in [7, 11) is -1.28. The Bertz CT molecular complexity index is 637. The Morgan fingerprint density at radius 3 is 2.78 bits per heavy atom. The molecule has 1 unspecified atom stereocenters. The molecule has 0 bridgehead atoms. The van der Waals surface area contributed by atoms with Gasteiger partial charge < -0.3 is 0 Å². The van der Waals surface area contributed by atoms with E-state index in [0.717, 1.165) is 0 Å². The highest BCUT2D eigenvalue weighted by molar-refractivity contribution is 7.84. The van der Waals surface area contributed by atoms with Gasteiger partial charge in [-0.3, -0.25) is 4.21 Å². The first kappa shape index (κ1) is 12.7. The first-order valence-corrected chi connectivity index (χ1v) is 6.89. The summed E-state index contributed by atoms with van der Waals surface area (Å²) in [4.78, 5) is 4.51. The van der Waals surface area contributed by atoms with Crippen LogP contribution in [0.5, 0.6) is 0 Å². The van der Waals surface area contributed by atoms with Gasteiger partial charge in [0.05, 0.1) is 26.5 Å². The maximum Gasteiger partial charge on any atom is 0.144 e. The van der Waals surface area contributed by atoms with Crippen molar-refractivity contribution in [1.82, 2.24) is 4.98 Å². The molecule has 2 rings (SSSR count). The Kier molecular flexibility index (Phi) is 4.08. The Morgan fingerprint density at radius 1 is 1.28 bits per heavy atom. The summed E-state index contributed by atoms with van der Waals surface area (Å²) in [5.74, 6) is 0.237. The number of nitriles is 1. The average molecular weight is 277 g/mol. The molecular weight excluding hydrogens is 268 g/mol. The molecule has 90 valence electrons. The van der Waals surface area contributed by atoms with Gasteiger partial charge in [0.1, 0.15) is 11.8 Å². The van der Waals surface area contributed by atoms with E-state index in [0.29, 0.717) is 21.2 Å². The molecule has 0 spiro atoms. The third kappa shape index (κ3) is 2.76. The zero-order chi connectivity index (χ0) is 13.0. The first-order valence-electron chi connectivity index (χ1n) is 5.19. The molecule has 5 heteroatoms. The quantitative estimate of drug-likeness (QED) is 0.866. The van der Waals surface area contributed by atoms with Crippen molar-refractivity contribution in [3.8, 4) is 6.07 Å². The summed E-state index contributed by atoms with van der Waals surface area (Å²) < 4.78 is 12.2. The Hall–Kier alpha value is -1.70. The molecule has 0 fully saturated rings. The van der Waals surface area contributed by atoms with E-state index in [-0.39, 0.29) is 5.75 Å². The van der Waals surface area contributed by atoms with Gasteiger partial charge in [-0.15, -0.1) is 0 Å². The fourth-order valence-corrected chi connectivity index (χ4v) is 3.08. The number of halogens is 1. The number of hydrogen-bond acceptors (Lipinski definition) is 3. The second-order valence-corrected chi connectivity index (χ2v) is 5.37. The summed E-state index contributed by atoms with van der Waals surface area (Å²) in [6.07, 6.45) is 1.54. The number of aromatic nitrogens is 1. The van der Waals surface area contributed by atoms with Gasteiger partial charge in [0.25, 0.3) is 0 Å². The van der Waals surface area contributed by atoms with Gasteiger partial charge in [0.15, 0.2) is 0 Å². The number of nitrogens with zero attached hydrogens (tertiary/aromatic N) is 2. The highest BCUT2D eigenvalue weighted by Crippen LogP contribution is 2.21. The summed E-state index contributed by atoms with van der Waals surface area (Å²) in [6.45, 7) is 0. The molecule has 0 saturated carbocycles. The smallest absolute Gasteiger partial charge is 0.144 e. The summed E-state index contributed by atoms with van der Waals surface area (Å²) in [6, 6.07) is 12.5. The van der Waals surface area contributed by atoms with E-state index in [2.05, 4.69) is 4.98 Å². The van der Waals surface area contributed by atoms with Crippen molar-refractivity contribution in [2.45, 2.75) is 10.6 Å².